The van der Waals surface area contributed by atoms with Crippen LogP contribution in [-0.2, 0) is 13.1 Å². The number of halogens is 1. The fraction of sp³-hybridized carbons (Fsp3) is 0.467. The first-order valence-corrected chi connectivity index (χ1v) is 6.63. The molecule has 0 fully saturated rings. The molecule has 1 aromatic carbocycles. The Hall–Kier alpha value is -1.23. The molecule has 0 heterocycles. The van der Waals surface area contributed by atoms with Gasteiger partial charge in [0.2, 0.25) is 0 Å². The lowest BCUT2D eigenvalue weighted by atomic mass is 10.1. The van der Waals surface area contributed by atoms with Crippen LogP contribution < -0.4 is 5.32 Å². The lowest BCUT2D eigenvalue weighted by molar-refractivity contribution is 0.202. The molecule has 19 heavy (non-hydrogen) atoms. The fourth-order valence-electron chi connectivity index (χ4n) is 1.93. The van der Waals surface area contributed by atoms with Crippen molar-refractivity contribution in [2.75, 3.05) is 26.2 Å². The maximum atomic E-state index is 13.8. The van der Waals surface area contributed by atoms with Crippen molar-refractivity contribution in [3.8, 4) is 0 Å². The average Bonchev–Trinajstić information content (AvgIpc) is 2.40. The summed E-state index contributed by atoms with van der Waals surface area (Å²) in [6.07, 6.45) is 1.76. The van der Waals surface area contributed by atoms with Crippen molar-refractivity contribution in [2.24, 2.45) is 0 Å². The molecule has 0 aromatic heterocycles. The third kappa shape index (κ3) is 5.51. The Morgan fingerprint density at radius 3 is 2.89 bits per heavy atom. The van der Waals surface area contributed by atoms with E-state index in [-0.39, 0.29) is 12.4 Å². The van der Waals surface area contributed by atoms with Crippen molar-refractivity contribution < 1.29 is 9.50 Å². The van der Waals surface area contributed by atoms with E-state index in [0.717, 1.165) is 18.7 Å². The highest BCUT2D eigenvalue weighted by atomic mass is 19.1. The standard InChI is InChI=1S/C15H23FN2O/c1-3-7-18(8-9-19)12-14-10-13(11-17-4-2)5-6-15(14)16/h3,5-6,10,17,19H,1,4,7-9,11-12H2,2H3. The summed E-state index contributed by atoms with van der Waals surface area (Å²) in [5, 5.41) is 12.2. The Morgan fingerprint density at radius 1 is 1.47 bits per heavy atom. The minimum atomic E-state index is -0.202. The molecule has 0 aliphatic carbocycles. The predicted octanol–water partition coefficient (Wildman–Crippen LogP) is 1.92. The third-order valence-corrected chi connectivity index (χ3v) is 2.89. The highest BCUT2D eigenvalue weighted by Crippen LogP contribution is 2.13. The Kier molecular flexibility index (Phi) is 7.33. The quantitative estimate of drug-likeness (QED) is 0.670. The van der Waals surface area contributed by atoms with Crippen LogP contribution in [0.15, 0.2) is 30.9 Å². The summed E-state index contributed by atoms with van der Waals surface area (Å²) in [5.74, 6) is -0.202. The van der Waals surface area contributed by atoms with Crippen molar-refractivity contribution >= 4 is 0 Å². The van der Waals surface area contributed by atoms with Crippen molar-refractivity contribution in [1.82, 2.24) is 10.2 Å². The van der Waals surface area contributed by atoms with E-state index in [0.29, 0.717) is 25.2 Å². The Balaban J connectivity index is 2.76. The van der Waals surface area contributed by atoms with Crippen LogP contribution in [0.25, 0.3) is 0 Å². The number of rotatable bonds is 9. The predicted molar refractivity (Wildman–Crippen MR) is 76.3 cm³/mol. The maximum Gasteiger partial charge on any atom is 0.127 e. The van der Waals surface area contributed by atoms with Gasteiger partial charge in [-0.25, -0.2) is 4.39 Å². The minimum absolute atomic E-state index is 0.0620. The van der Waals surface area contributed by atoms with Gasteiger partial charge in [-0.15, -0.1) is 6.58 Å². The molecule has 0 saturated heterocycles. The second kappa shape index (κ2) is 8.80. The van der Waals surface area contributed by atoms with Gasteiger partial charge in [-0.3, -0.25) is 4.90 Å². The highest BCUT2D eigenvalue weighted by Gasteiger charge is 2.09. The highest BCUT2D eigenvalue weighted by molar-refractivity contribution is 5.25. The number of hydrogen-bond donors (Lipinski definition) is 2. The van der Waals surface area contributed by atoms with Crippen LogP contribution in [0.4, 0.5) is 4.39 Å². The average molecular weight is 266 g/mol. The van der Waals surface area contributed by atoms with E-state index in [1.165, 1.54) is 6.07 Å². The number of nitrogens with one attached hydrogen (secondary N) is 1. The number of nitrogens with zero attached hydrogens (tertiary/aromatic N) is 1. The lowest BCUT2D eigenvalue weighted by Crippen LogP contribution is -2.27. The molecule has 0 aliphatic heterocycles. The lowest BCUT2D eigenvalue weighted by Gasteiger charge is -2.20. The maximum absolute atomic E-state index is 13.8. The van der Waals surface area contributed by atoms with E-state index in [4.69, 9.17) is 5.11 Å². The molecule has 106 valence electrons. The van der Waals surface area contributed by atoms with Gasteiger partial charge < -0.3 is 10.4 Å². The van der Waals surface area contributed by atoms with E-state index in [2.05, 4.69) is 11.9 Å². The van der Waals surface area contributed by atoms with Crippen molar-refractivity contribution in [2.45, 2.75) is 20.0 Å². The molecule has 1 aromatic rings. The third-order valence-electron chi connectivity index (χ3n) is 2.89. The monoisotopic (exact) mass is 266 g/mol. The normalized spacial score (nSPS) is 10.9. The van der Waals surface area contributed by atoms with Crippen molar-refractivity contribution in [3.05, 3.63) is 47.8 Å². The van der Waals surface area contributed by atoms with Crippen LogP contribution in [0.5, 0.6) is 0 Å². The Bertz CT molecular complexity index is 396. The van der Waals surface area contributed by atoms with Gasteiger partial charge in [0.25, 0.3) is 0 Å². The van der Waals surface area contributed by atoms with Crippen LogP contribution in [0.2, 0.25) is 0 Å². The second-order valence-electron chi connectivity index (χ2n) is 4.45. The van der Waals surface area contributed by atoms with Gasteiger partial charge in [0.1, 0.15) is 5.82 Å². The zero-order valence-electron chi connectivity index (χ0n) is 11.5. The number of aliphatic hydroxyl groups is 1. The summed E-state index contributed by atoms with van der Waals surface area (Å²) >= 11 is 0. The summed E-state index contributed by atoms with van der Waals surface area (Å²) in [4.78, 5) is 1.96. The molecule has 0 radical (unpaired) electrons. The molecule has 0 aliphatic rings. The summed E-state index contributed by atoms with van der Waals surface area (Å²) in [5.41, 5.74) is 1.73. The molecule has 2 N–H and O–H groups in total. The largest absolute Gasteiger partial charge is 0.395 e. The number of benzene rings is 1. The van der Waals surface area contributed by atoms with E-state index in [9.17, 15) is 4.39 Å². The van der Waals surface area contributed by atoms with Gasteiger partial charge in [-0.2, -0.15) is 0 Å². The van der Waals surface area contributed by atoms with Crippen LogP contribution in [0, 0.1) is 5.82 Å². The fourth-order valence-corrected chi connectivity index (χ4v) is 1.93. The van der Waals surface area contributed by atoms with Crippen molar-refractivity contribution in [3.63, 3.8) is 0 Å². The molecule has 0 bridgehead atoms. The molecule has 3 nitrogen and oxygen atoms in total. The topological polar surface area (TPSA) is 35.5 Å². The molecule has 0 unspecified atom stereocenters. The van der Waals surface area contributed by atoms with E-state index in [1.807, 2.05) is 17.9 Å². The smallest absolute Gasteiger partial charge is 0.127 e. The minimum Gasteiger partial charge on any atom is -0.395 e. The van der Waals surface area contributed by atoms with E-state index >= 15 is 0 Å². The van der Waals surface area contributed by atoms with E-state index in [1.54, 1.807) is 12.1 Å². The Labute approximate surface area is 114 Å². The SMILES string of the molecule is C=CCN(CCO)Cc1cc(CNCC)ccc1F. The molecule has 0 amide bonds. The summed E-state index contributed by atoms with van der Waals surface area (Å²) < 4.78 is 13.8. The van der Waals surface area contributed by atoms with Gasteiger partial charge >= 0.3 is 0 Å². The zero-order valence-corrected chi connectivity index (χ0v) is 11.5. The second-order valence-corrected chi connectivity index (χ2v) is 4.45. The van der Waals surface area contributed by atoms with Crippen LogP contribution in [0.1, 0.15) is 18.1 Å². The van der Waals surface area contributed by atoms with Gasteiger partial charge in [0.05, 0.1) is 6.61 Å². The van der Waals surface area contributed by atoms with Gasteiger partial charge in [0, 0.05) is 31.7 Å². The number of aliphatic hydroxyl groups excluding tert-OH is 1. The molecular weight excluding hydrogens is 243 g/mol. The molecule has 1 rings (SSSR count). The zero-order chi connectivity index (χ0) is 14.1. The molecule has 0 spiro atoms. The molecule has 0 atom stereocenters. The number of hydrogen-bond acceptors (Lipinski definition) is 3. The summed E-state index contributed by atoms with van der Waals surface area (Å²) in [7, 11) is 0. The first-order chi connectivity index (χ1) is 9.21. The first-order valence-electron chi connectivity index (χ1n) is 6.63. The Morgan fingerprint density at radius 2 is 2.26 bits per heavy atom. The first kappa shape index (κ1) is 15.8. The van der Waals surface area contributed by atoms with Crippen LogP contribution in [-0.4, -0.2) is 36.2 Å². The summed E-state index contributed by atoms with van der Waals surface area (Å²) in [6, 6.07) is 5.18. The van der Waals surface area contributed by atoms with Crippen molar-refractivity contribution in [1.29, 1.82) is 0 Å². The summed E-state index contributed by atoms with van der Waals surface area (Å²) in [6.45, 7) is 9.05. The molecule has 4 heteroatoms. The van der Waals surface area contributed by atoms with Gasteiger partial charge in [-0.1, -0.05) is 25.1 Å². The molecular formula is C15H23FN2O. The van der Waals surface area contributed by atoms with Gasteiger partial charge in [-0.05, 0) is 18.2 Å². The van der Waals surface area contributed by atoms with Crippen LogP contribution in [0.3, 0.4) is 0 Å². The van der Waals surface area contributed by atoms with E-state index < -0.39 is 0 Å². The van der Waals surface area contributed by atoms with Crippen LogP contribution >= 0.6 is 0 Å². The molecule has 0 saturated carbocycles. The van der Waals surface area contributed by atoms with Gasteiger partial charge in [0.15, 0.2) is 0 Å².